The van der Waals surface area contributed by atoms with Crippen LogP contribution in [0.1, 0.15) is 53.1 Å². The monoisotopic (exact) mass is 427 g/mol. The Kier molecular flexibility index (Phi) is 5.99. The minimum atomic E-state index is -5.11. The fraction of sp³-hybridized carbons (Fsp3) is 0.368. The summed E-state index contributed by atoms with van der Waals surface area (Å²) >= 11 is 0. The van der Waals surface area contributed by atoms with Gasteiger partial charge in [0.25, 0.3) is 12.3 Å². The van der Waals surface area contributed by atoms with Gasteiger partial charge in [-0.2, -0.15) is 23.4 Å². The second kappa shape index (κ2) is 8.33. The topological polar surface area (TPSA) is 65.6 Å². The van der Waals surface area contributed by atoms with E-state index in [1.54, 1.807) is 19.9 Å². The average Bonchev–Trinajstić information content (AvgIpc) is 3.34. The van der Waals surface area contributed by atoms with Gasteiger partial charge in [-0.05, 0) is 30.0 Å². The molecule has 0 saturated carbocycles. The molecule has 3 heterocycles. The van der Waals surface area contributed by atoms with Crippen molar-refractivity contribution in [2.75, 3.05) is 0 Å². The lowest BCUT2D eigenvalue weighted by atomic mass is 9.90. The molecule has 0 fully saturated rings. The molecular weight excluding hydrogens is 409 g/mol. The SMILES string of the molecule is CC(C)Cc1c(Cn2cccn2)c(C(F)F)nc(C(F)(F)F)c1C(=O)n1cccn1. The van der Waals surface area contributed by atoms with Crippen LogP contribution in [-0.4, -0.2) is 30.5 Å². The molecule has 0 unspecified atom stereocenters. The highest BCUT2D eigenvalue weighted by molar-refractivity contribution is 5.98. The molecule has 0 bridgehead atoms. The van der Waals surface area contributed by atoms with Gasteiger partial charge in [-0.15, -0.1) is 0 Å². The van der Waals surface area contributed by atoms with E-state index in [-0.39, 0.29) is 30.0 Å². The number of pyridine rings is 1. The predicted octanol–water partition coefficient (Wildman–Crippen LogP) is 4.37. The van der Waals surface area contributed by atoms with Gasteiger partial charge in [0.2, 0.25) is 0 Å². The van der Waals surface area contributed by atoms with Gasteiger partial charge < -0.3 is 0 Å². The molecule has 11 heteroatoms. The molecule has 0 N–H and O–H groups in total. The van der Waals surface area contributed by atoms with Crippen LogP contribution in [0.15, 0.2) is 36.9 Å². The van der Waals surface area contributed by atoms with Crippen LogP contribution >= 0.6 is 0 Å². The maximum absolute atomic E-state index is 13.8. The van der Waals surface area contributed by atoms with Crippen molar-refractivity contribution in [2.45, 2.75) is 39.4 Å². The Labute approximate surface area is 168 Å². The number of alkyl halides is 5. The first-order valence-electron chi connectivity index (χ1n) is 9.02. The lowest BCUT2D eigenvalue weighted by Gasteiger charge is -2.22. The smallest absolute Gasteiger partial charge is 0.268 e. The van der Waals surface area contributed by atoms with Gasteiger partial charge in [-0.3, -0.25) is 9.48 Å². The number of hydrogen-bond acceptors (Lipinski definition) is 4. The Balaban J connectivity index is 2.37. The van der Waals surface area contributed by atoms with Crippen LogP contribution in [-0.2, 0) is 19.1 Å². The zero-order valence-electron chi connectivity index (χ0n) is 16.1. The Morgan fingerprint density at radius 1 is 1.07 bits per heavy atom. The molecule has 3 aromatic rings. The molecule has 0 radical (unpaired) electrons. The Bertz CT molecular complexity index is 1010. The van der Waals surface area contributed by atoms with Crippen molar-refractivity contribution in [3.8, 4) is 0 Å². The standard InChI is InChI=1S/C19H18F5N5O/c1-11(2)9-12-13(10-28-7-3-5-25-28)15(17(20)21)27-16(19(22,23)24)14(12)18(30)29-8-4-6-26-29/h3-8,11,17H,9-10H2,1-2H3. The molecule has 30 heavy (non-hydrogen) atoms. The Hall–Kier alpha value is -3.11. The minimum absolute atomic E-state index is 0.0374. The van der Waals surface area contributed by atoms with Crippen LogP contribution in [0, 0.1) is 5.92 Å². The predicted molar refractivity (Wildman–Crippen MR) is 96.0 cm³/mol. The Morgan fingerprint density at radius 2 is 1.73 bits per heavy atom. The maximum atomic E-state index is 13.8. The molecule has 3 aromatic heterocycles. The van der Waals surface area contributed by atoms with Gasteiger partial charge in [0.1, 0.15) is 5.69 Å². The number of nitrogens with zero attached hydrogens (tertiary/aromatic N) is 5. The van der Waals surface area contributed by atoms with Gasteiger partial charge in [-0.1, -0.05) is 13.8 Å². The quantitative estimate of drug-likeness (QED) is 0.548. The highest BCUT2D eigenvalue weighted by atomic mass is 19.4. The number of carbonyl (C=O) groups is 1. The van der Waals surface area contributed by atoms with E-state index in [9.17, 15) is 26.7 Å². The van der Waals surface area contributed by atoms with Crippen molar-refractivity contribution in [1.82, 2.24) is 24.5 Å². The molecular formula is C19H18F5N5O. The van der Waals surface area contributed by atoms with E-state index >= 15 is 0 Å². The fourth-order valence-electron chi connectivity index (χ4n) is 3.18. The molecule has 0 aliphatic carbocycles. The van der Waals surface area contributed by atoms with E-state index in [4.69, 9.17) is 0 Å². The molecule has 0 amide bonds. The van der Waals surface area contributed by atoms with Crippen LogP contribution in [0.5, 0.6) is 0 Å². The molecule has 160 valence electrons. The van der Waals surface area contributed by atoms with Crippen molar-refractivity contribution in [3.63, 3.8) is 0 Å². The first-order valence-corrected chi connectivity index (χ1v) is 9.02. The van der Waals surface area contributed by atoms with E-state index in [0.717, 1.165) is 4.68 Å². The van der Waals surface area contributed by atoms with Crippen LogP contribution in [0.3, 0.4) is 0 Å². The fourth-order valence-corrected chi connectivity index (χ4v) is 3.18. The molecule has 3 rings (SSSR count). The average molecular weight is 427 g/mol. The van der Waals surface area contributed by atoms with Crippen LogP contribution in [0.2, 0.25) is 0 Å². The molecule has 6 nitrogen and oxygen atoms in total. The van der Waals surface area contributed by atoms with E-state index in [1.165, 1.54) is 35.5 Å². The summed E-state index contributed by atoms with van der Waals surface area (Å²) in [6.45, 7) is 3.18. The summed E-state index contributed by atoms with van der Waals surface area (Å²) in [6.07, 6.45) is -3.09. The normalized spacial score (nSPS) is 12.2. The summed E-state index contributed by atoms with van der Waals surface area (Å²) in [6, 6.07) is 2.93. The van der Waals surface area contributed by atoms with E-state index in [1.807, 2.05) is 0 Å². The van der Waals surface area contributed by atoms with E-state index in [2.05, 4.69) is 15.2 Å². The lowest BCUT2D eigenvalue weighted by Crippen LogP contribution is -2.26. The zero-order chi connectivity index (χ0) is 22.1. The summed E-state index contributed by atoms with van der Waals surface area (Å²) in [4.78, 5) is 16.2. The van der Waals surface area contributed by atoms with Gasteiger partial charge in [0, 0.05) is 30.4 Å². The van der Waals surface area contributed by atoms with Crippen molar-refractivity contribution < 1.29 is 26.7 Å². The second-order valence-corrected chi connectivity index (χ2v) is 7.03. The van der Waals surface area contributed by atoms with E-state index < -0.39 is 35.5 Å². The largest absolute Gasteiger partial charge is 0.434 e. The minimum Gasteiger partial charge on any atom is -0.268 e. The third kappa shape index (κ3) is 4.39. The first-order chi connectivity index (χ1) is 14.1. The second-order valence-electron chi connectivity index (χ2n) is 7.03. The van der Waals surface area contributed by atoms with Gasteiger partial charge in [0.05, 0.1) is 12.1 Å². The molecule has 0 atom stereocenters. The molecule has 0 aromatic carbocycles. The highest BCUT2D eigenvalue weighted by Gasteiger charge is 2.42. The number of rotatable bonds is 6. The van der Waals surface area contributed by atoms with Crippen LogP contribution in [0.4, 0.5) is 22.0 Å². The van der Waals surface area contributed by atoms with E-state index in [0.29, 0.717) is 0 Å². The number of carbonyl (C=O) groups excluding carboxylic acids is 1. The van der Waals surface area contributed by atoms with Gasteiger partial charge >= 0.3 is 6.18 Å². The van der Waals surface area contributed by atoms with Gasteiger partial charge in [-0.25, -0.2) is 18.4 Å². The van der Waals surface area contributed by atoms with Crippen LogP contribution in [0.25, 0.3) is 0 Å². The lowest BCUT2D eigenvalue weighted by molar-refractivity contribution is -0.141. The van der Waals surface area contributed by atoms with Crippen molar-refractivity contribution >= 4 is 5.91 Å². The number of hydrogen-bond donors (Lipinski definition) is 0. The summed E-state index contributed by atoms with van der Waals surface area (Å²) in [5.41, 5.74) is -3.69. The van der Waals surface area contributed by atoms with Crippen molar-refractivity contribution in [3.05, 3.63) is 65.0 Å². The first kappa shape index (κ1) is 21.6. The molecule has 0 aliphatic rings. The third-order valence-electron chi connectivity index (χ3n) is 4.34. The summed E-state index contributed by atoms with van der Waals surface area (Å²) in [5.74, 6) is -1.31. The zero-order valence-corrected chi connectivity index (χ0v) is 16.1. The molecule has 0 aliphatic heterocycles. The van der Waals surface area contributed by atoms with Crippen molar-refractivity contribution in [1.29, 1.82) is 0 Å². The third-order valence-corrected chi connectivity index (χ3v) is 4.34. The summed E-state index contributed by atoms with van der Waals surface area (Å²) in [7, 11) is 0. The van der Waals surface area contributed by atoms with Crippen LogP contribution < -0.4 is 0 Å². The summed E-state index contributed by atoms with van der Waals surface area (Å²) in [5, 5.41) is 7.65. The molecule has 0 spiro atoms. The molecule has 0 saturated heterocycles. The highest BCUT2D eigenvalue weighted by Crippen LogP contribution is 2.38. The summed E-state index contributed by atoms with van der Waals surface area (Å²) < 4.78 is 71.0. The Morgan fingerprint density at radius 3 is 2.23 bits per heavy atom. The van der Waals surface area contributed by atoms with Gasteiger partial charge in [0.15, 0.2) is 5.69 Å². The number of halogens is 5. The maximum Gasteiger partial charge on any atom is 0.434 e. The van der Waals surface area contributed by atoms with Crippen molar-refractivity contribution in [2.24, 2.45) is 5.92 Å². The number of aromatic nitrogens is 5.